The molecular weight excluding hydrogens is 238 g/mol. The van der Waals surface area contributed by atoms with Gasteiger partial charge in [-0.05, 0) is 58.6 Å². The molecule has 1 aliphatic heterocycles. The Balaban J connectivity index is 1.93. The van der Waals surface area contributed by atoms with Crippen LogP contribution in [0.3, 0.4) is 0 Å². The summed E-state index contributed by atoms with van der Waals surface area (Å²) in [6.07, 6.45) is 6.50. The van der Waals surface area contributed by atoms with Crippen molar-refractivity contribution < 1.29 is 9.15 Å². The third-order valence-electron chi connectivity index (χ3n) is 3.96. The van der Waals surface area contributed by atoms with Gasteiger partial charge < -0.3 is 14.5 Å². The van der Waals surface area contributed by atoms with Crippen LogP contribution in [0.2, 0.25) is 0 Å². The Morgan fingerprint density at radius 1 is 1.37 bits per heavy atom. The third kappa shape index (κ3) is 4.08. The molecule has 19 heavy (non-hydrogen) atoms. The van der Waals surface area contributed by atoms with Crippen molar-refractivity contribution in [2.75, 3.05) is 13.2 Å². The molecule has 0 aromatic carbocycles. The molecule has 0 spiro atoms. The molecule has 2 rings (SSSR count). The fourth-order valence-corrected chi connectivity index (χ4v) is 3.00. The molecule has 1 aliphatic rings. The summed E-state index contributed by atoms with van der Waals surface area (Å²) in [5, 5.41) is 3.58. The van der Waals surface area contributed by atoms with Gasteiger partial charge in [-0.3, -0.25) is 0 Å². The van der Waals surface area contributed by atoms with Gasteiger partial charge >= 0.3 is 0 Å². The zero-order valence-corrected chi connectivity index (χ0v) is 12.5. The minimum Gasteiger partial charge on any atom is -0.466 e. The highest BCUT2D eigenvalue weighted by Crippen LogP contribution is 2.27. The fourth-order valence-electron chi connectivity index (χ4n) is 3.00. The number of ether oxygens (including phenoxy) is 1. The van der Waals surface area contributed by atoms with Gasteiger partial charge in [0.2, 0.25) is 0 Å². The largest absolute Gasteiger partial charge is 0.466 e. The normalized spacial score (nSPS) is 21.5. The van der Waals surface area contributed by atoms with E-state index in [1.807, 2.05) is 6.92 Å². The van der Waals surface area contributed by atoms with Crippen LogP contribution in [0.4, 0.5) is 0 Å². The van der Waals surface area contributed by atoms with Crippen molar-refractivity contribution in [2.45, 2.75) is 65.0 Å². The Labute approximate surface area is 116 Å². The van der Waals surface area contributed by atoms with E-state index in [4.69, 9.17) is 9.15 Å². The van der Waals surface area contributed by atoms with Crippen LogP contribution >= 0.6 is 0 Å². The first-order valence-electron chi connectivity index (χ1n) is 7.62. The maximum absolute atomic E-state index is 5.83. The van der Waals surface area contributed by atoms with Crippen LogP contribution < -0.4 is 5.32 Å². The van der Waals surface area contributed by atoms with Gasteiger partial charge in [0, 0.05) is 18.2 Å². The van der Waals surface area contributed by atoms with Crippen molar-refractivity contribution in [3.8, 4) is 0 Å². The molecule has 2 unspecified atom stereocenters. The first-order valence-corrected chi connectivity index (χ1v) is 7.62. The van der Waals surface area contributed by atoms with Gasteiger partial charge in [-0.1, -0.05) is 6.92 Å². The predicted molar refractivity (Wildman–Crippen MR) is 77.4 cm³/mol. The van der Waals surface area contributed by atoms with Crippen LogP contribution in [0.25, 0.3) is 0 Å². The standard InChI is InChI=1S/C16H27NO2/c1-4-17-16(15-11-12(2)19-13(15)3)9-8-14-7-5-6-10-18-14/h11,14,16-17H,4-10H2,1-3H3. The number of hydrogen-bond acceptors (Lipinski definition) is 3. The minimum absolute atomic E-state index is 0.396. The van der Waals surface area contributed by atoms with E-state index in [1.165, 1.54) is 24.8 Å². The second-order valence-electron chi connectivity index (χ2n) is 5.54. The van der Waals surface area contributed by atoms with E-state index in [-0.39, 0.29) is 0 Å². The van der Waals surface area contributed by atoms with Gasteiger partial charge in [0.05, 0.1) is 6.10 Å². The van der Waals surface area contributed by atoms with E-state index in [0.717, 1.165) is 37.5 Å². The van der Waals surface area contributed by atoms with Crippen molar-refractivity contribution in [3.05, 3.63) is 23.2 Å². The molecule has 1 fully saturated rings. The lowest BCUT2D eigenvalue weighted by molar-refractivity contribution is 0.00854. The van der Waals surface area contributed by atoms with E-state index in [2.05, 4.69) is 25.2 Å². The fraction of sp³-hybridized carbons (Fsp3) is 0.750. The van der Waals surface area contributed by atoms with E-state index in [1.54, 1.807) is 0 Å². The summed E-state index contributed by atoms with van der Waals surface area (Å²) in [6, 6.07) is 2.57. The number of nitrogens with one attached hydrogen (secondary N) is 1. The summed E-state index contributed by atoms with van der Waals surface area (Å²) < 4.78 is 11.5. The molecular formula is C16H27NO2. The van der Waals surface area contributed by atoms with Crippen LogP contribution in [-0.4, -0.2) is 19.3 Å². The smallest absolute Gasteiger partial charge is 0.105 e. The quantitative estimate of drug-likeness (QED) is 0.847. The van der Waals surface area contributed by atoms with E-state index in [0.29, 0.717) is 12.1 Å². The molecule has 2 heterocycles. The predicted octanol–water partition coefficient (Wildman–Crippen LogP) is 3.90. The van der Waals surface area contributed by atoms with Gasteiger partial charge in [-0.25, -0.2) is 0 Å². The molecule has 1 saturated heterocycles. The average molecular weight is 265 g/mol. The number of aryl methyl sites for hydroxylation is 2. The summed E-state index contributed by atoms with van der Waals surface area (Å²) in [5.74, 6) is 2.05. The maximum Gasteiger partial charge on any atom is 0.105 e. The van der Waals surface area contributed by atoms with Crippen LogP contribution in [0.5, 0.6) is 0 Å². The van der Waals surface area contributed by atoms with Crippen LogP contribution in [0, 0.1) is 13.8 Å². The van der Waals surface area contributed by atoms with Crippen molar-refractivity contribution >= 4 is 0 Å². The van der Waals surface area contributed by atoms with Gasteiger partial charge in [0.1, 0.15) is 11.5 Å². The summed E-state index contributed by atoms with van der Waals surface area (Å²) in [6.45, 7) is 8.17. The van der Waals surface area contributed by atoms with E-state index >= 15 is 0 Å². The molecule has 0 saturated carbocycles. The number of rotatable bonds is 6. The Kier molecular flexibility index (Phi) is 5.46. The summed E-state index contributed by atoms with van der Waals surface area (Å²) in [5.41, 5.74) is 1.31. The zero-order chi connectivity index (χ0) is 13.7. The van der Waals surface area contributed by atoms with Crippen molar-refractivity contribution in [1.29, 1.82) is 0 Å². The van der Waals surface area contributed by atoms with Crippen molar-refractivity contribution in [3.63, 3.8) is 0 Å². The third-order valence-corrected chi connectivity index (χ3v) is 3.96. The van der Waals surface area contributed by atoms with Gasteiger partial charge in [-0.2, -0.15) is 0 Å². The highest BCUT2D eigenvalue weighted by atomic mass is 16.5. The molecule has 1 aromatic heterocycles. The first kappa shape index (κ1) is 14.6. The van der Waals surface area contributed by atoms with Gasteiger partial charge in [0.15, 0.2) is 0 Å². The lowest BCUT2D eigenvalue weighted by Crippen LogP contribution is -2.25. The second-order valence-corrected chi connectivity index (χ2v) is 5.54. The average Bonchev–Trinajstić information content (AvgIpc) is 2.75. The zero-order valence-electron chi connectivity index (χ0n) is 12.5. The van der Waals surface area contributed by atoms with E-state index < -0.39 is 0 Å². The molecule has 3 heteroatoms. The molecule has 0 amide bonds. The molecule has 3 nitrogen and oxygen atoms in total. The molecule has 108 valence electrons. The van der Waals surface area contributed by atoms with Crippen LogP contribution in [0.1, 0.15) is 62.2 Å². The molecule has 0 bridgehead atoms. The summed E-state index contributed by atoms with van der Waals surface area (Å²) in [4.78, 5) is 0. The monoisotopic (exact) mass is 265 g/mol. The molecule has 2 atom stereocenters. The molecule has 0 radical (unpaired) electrons. The second kappa shape index (κ2) is 7.11. The maximum atomic E-state index is 5.83. The Morgan fingerprint density at radius 3 is 2.79 bits per heavy atom. The number of hydrogen-bond donors (Lipinski definition) is 1. The molecule has 0 aliphatic carbocycles. The lowest BCUT2D eigenvalue weighted by Gasteiger charge is -2.25. The SMILES string of the molecule is CCNC(CCC1CCCCO1)c1cc(C)oc1C. The Morgan fingerprint density at radius 2 is 2.21 bits per heavy atom. The van der Waals surface area contributed by atoms with E-state index in [9.17, 15) is 0 Å². The topological polar surface area (TPSA) is 34.4 Å². The highest BCUT2D eigenvalue weighted by Gasteiger charge is 2.20. The van der Waals surface area contributed by atoms with Gasteiger partial charge in [-0.15, -0.1) is 0 Å². The lowest BCUT2D eigenvalue weighted by atomic mass is 9.97. The number of furan rings is 1. The van der Waals surface area contributed by atoms with Crippen LogP contribution in [0.15, 0.2) is 10.5 Å². The minimum atomic E-state index is 0.396. The van der Waals surface area contributed by atoms with Crippen molar-refractivity contribution in [1.82, 2.24) is 5.32 Å². The Bertz CT molecular complexity index is 380. The summed E-state index contributed by atoms with van der Waals surface area (Å²) in [7, 11) is 0. The Hall–Kier alpha value is -0.800. The molecule has 1 N–H and O–H groups in total. The highest BCUT2D eigenvalue weighted by molar-refractivity contribution is 5.24. The summed E-state index contributed by atoms with van der Waals surface area (Å²) >= 11 is 0. The van der Waals surface area contributed by atoms with Crippen molar-refractivity contribution in [2.24, 2.45) is 0 Å². The molecule has 1 aromatic rings. The van der Waals surface area contributed by atoms with Crippen LogP contribution in [-0.2, 0) is 4.74 Å². The van der Waals surface area contributed by atoms with Gasteiger partial charge in [0.25, 0.3) is 0 Å². The first-order chi connectivity index (χ1) is 9.20.